The second kappa shape index (κ2) is 6.04. The smallest absolute Gasteiger partial charge is 0.407 e. The van der Waals surface area contributed by atoms with Crippen LogP contribution in [0.1, 0.15) is 41.5 Å². The fourth-order valence-electron chi connectivity index (χ4n) is 1.06. The summed E-state index contributed by atoms with van der Waals surface area (Å²) in [5.41, 5.74) is 4.74. The average molecular weight is 259 g/mol. The van der Waals surface area contributed by atoms with E-state index in [-0.39, 0.29) is 18.0 Å². The molecule has 6 heteroatoms. The van der Waals surface area contributed by atoms with Crippen LogP contribution in [0.4, 0.5) is 4.79 Å². The van der Waals surface area contributed by atoms with Gasteiger partial charge in [0, 0.05) is 12.1 Å². The third-order valence-electron chi connectivity index (χ3n) is 1.70. The van der Waals surface area contributed by atoms with Crippen molar-refractivity contribution in [3.63, 3.8) is 0 Å². The maximum atomic E-state index is 11.6. The van der Waals surface area contributed by atoms with Crippen LogP contribution >= 0.6 is 0 Å². The number of rotatable bonds is 3. The largest absolute Gasteiger partial charge is 0.444 e. The van der Waals surface area contributed by atoms with Crippen LogP contribution < -0.4 is 16.4 Å². The fourth-order valence-corrected chi connectivity index (χ4v) is 1.06. The Morgan fingerprint density at radius 2 is 1.67 bits per heavy atom. The molecule has 6 nitrogen and oxygen atoms in total. The summed E-state index contributed by atoms with van der Waals surface area (Å²) in [6.07, 6.45) is -0.582. The molecule has 0 fully saturated rings. The predicted octanol–water partition coefficient (Wildman–Crippen LogP) is 0.753. The van der Waals surface area contributed by atoms with Gasteiger partial charge in [0.25, 0.3) is 0 Å². The summed E-state index contributed by atoms with van der Waals surface area (Å²) in [6.45, 7) is 10.9. The molecule has 0 saturated carbocycles. The minimum absolute atomic E-state index is 0.0385. The van der Waals surface area contributed by atoms with Gasteiger partial charge in [-0.05, 0) is 41.5 Å². The number of nitrogens with two attached hydrogens (primary N) is 1. The Kier molecular flexibility index (Phi) is 5.60. The van der Waals surface area contributed by atoms with E-state index in [0.717, 1.165) is 0 Å². The van der Waals surface area contributed by atoms with Crippen LogP contribution in [0.5, 0.6) is 0 Å². The van der Waals surface area contributed by atoms with Gasteiger partial charge >= 0.3 is 6.09 Å². The zero-order valence-corrected chi connectivity index (χ0v) is 12.1. The first-order valence-corrected chi connectivity index (χ1v) is 5.95. The Morgan fingerprint density at radius 1 is 1.17 bits per heavy atom. The molecule has 0 radical (unpaired) electrons. The van der Waals surface area contributed by atoms with Gasteiger partial charge in [-0.3, -0.25) is 4.79 Å². The number of alkyl carbamates (subject to hydrolysis) is 1. The van der Waals surface area contributed by atoms with E-state index in [1.165, 1.54) is 0 Å². The van der Waals surface area contributed by atoms with Crippen LogP contribution in [0.15, 0.2) is 0 Å². The van der Waals surface area contributed by atoms with Gasteiger partial charge in [-0.2, -0.15) is 0 Å². The van der Waals surface area contributed by atoms with Gasteiger partial charge in [0.15, 0.2) is 0 Å². The van der Waals surface area contributed by atoms with Gasteiger partial charge in [-0.25, -0.2) is 4.79 Å². The molecule has 0 bridgehead atoms. The molecule has 0 aliphatic carbocycles. The predicted molar refractivity (Wildman–Crippen MR) is 70.1 cm³/mol. The summed E-state index contributed by atoms with van der Waals surface area (Å²) in [6, 6.07) is -0.795. The van der Waals surface area contributed by atoms with Crippen molar-refractivity contribution in [3.8, 4) is 0 Å². The molecule has 106 valence electrons. The number of hydrogen-bond acceptors (Lipinski definition) is 4. The van der Waals surface area contributed by atoms with Gasteiger partial charge in [0.2, 0.25) is 5.91 Å². The third-order valence-corrected chi connectivity index (χ3v) is 1.70. The molecule has 0 aliphatic heterocycles. The molecule has 0 rings (SSSR count). The van der Waals surface area contributed by atoms with E-state index in [2.05, 4.69) is 10.6 Å². The van der Waals surface area contributed by atoms with E-state index < -0.39 is 17.7 Å². The summed E-state index contributed by atoms with van der Waals surface area (Å²) >= 11 is 0. The molecule has 0 aromatic heterocycles. The number of carbonyl (C=O) groups is 2. The first kappa shape index (κ1) is 16.7. The zero-order chi connectivity index (χ0) is 14.6. The van der Waals surface area contributed by atoms with E-state index in [4.69, 9.17) is 10.5 Å². The van der Waals surface area contributed by atoms with E-state index in [1.54, 1.807) is 20.8 Å². The summed E-state index contributed by atoms with van der Waals surface area (Å²) < 4.78 is 5.03. The van der Waals surface area contributed by atoms with Gasteiger partial charge in [-0.1, -0.05) is 0 Å². The first-order chi connectivity index (χ1) is 7.91. The minimum atomic E-state index is -0.795. The SMILES string of the molecule is CC(C)(C)NC(=O)[C@@H](N)CNC(=O)OC(C)(C)C. The van der Waals surface area contributed by atoms with Crippen molar-refractivity contribution in [2.75, 3.05) is 6.54 Å². The highest BCUT2D eigenvalue weighted by molar-refractivity contribution is 5.83. The fraction of sp³-hybridized carbons (Fsp3) is 0.833. The molecule has 0 spiro atoms. The molecule has 0 heterocycles. The van der Waals surface area contributed by atoms with Crippen molar-refractivity contribution in [2.24, 2.45) is 5.73 Å². The van der Waals surface area contributed by atoms with Crippen LogP contribution in [0.25, 0.3) is 0 Å². The van der Waals surface area contributed by atoms with Gasteiger partial charge < -0.3 is 21.1 Å². The highest BCUT2D eigenvalue weighted by Crippen LogP contribution is 2.06. The van der Waals surface area contributed by atoms with Crippen LogP contribution in [-0.4, -0.2) is 35.7 Å². The number of hydrogen-bond donors (Lipinski definition) is 3. The Labute approximate surface area is 109 Å². The van der Waals surface area contributed by atoms with Crippen molar-refractivity contribution in [3.05, 3.63) is 0 Å². The van der Waals surface area contributed by atoms with Crippen LogP contribution in [0.3, 0.4) is 0 Å². The third kappa shape index (κ3) is 8.81. The lowest BCUT2D eigenvalue weighted by Gasteiger charge is -2.24. The lowest BCUT2D eigenvalue weighted by atomic mass is 10.1. The van der Waals surface area contributed by atoms with Crippen molar-refractivity contribution in [1.29, 1.82) is 0 Å². The van der Waals surface area contributed by atoms with Gasteiger partial charge in [0.05, 0.1) is 0 Å². The zero-order valence-electron chi connectivity index (χ0n) is 12.1. The summed E-state index contributed by atoms with van der Waals surface area (Å²) in [7, 11) is 0. The summed E-state index contributed by atoms with van der Waals surface area (Å²) in [5.74, 6) is -0.307. The Hall–Kier alpha value is -1.30. The van der Waals surface area contributed by atoms with E-state index in [9.17, 15) is 9.59 Å². The lowest BCUT2D eigenvalue weighted by Crippen LogP contribution is -2.53. The van der Waals surface area contributed by atoms with Crippen molar-refractivity contribution in [1.82, 2.24) is 10.6 Å². The quantitative estimate of drug-likeness (QED) is 0.697. The van der Waals surface area contributed by atoms with Crippen molar-refractivity contribution >= 4 is 12.0 Å². The van der Waals surface area contributed by atoms with Gasteiger partial charge in [0.1, 0.15) is 11.6 Å². The molecule has 18 heavy (non-hydrogen) atoms. The van der Waals surface area contributed by atoms with Crippen LogP contribution in [-0.2, 0) is 9.53 Å². The molecule has 0 aliphatic rings. The summed E-state index contributed by atoms with van der Waals surface area (Å²) in [5, 5.41) is 5.19. The van der Waals surface area contributed by atoms with E-state index in [0.29, 0.717) is 0 Å². The second-order valence-electron chi connectivity index (χ2n) is 6.23. The molecular formula is C12H25N3O3. The lowest BCUT2D eigenvalue weighted by molar-refractivity contribution is -0.123. The minimum Gasteiger partial charge on any atom is -0.444 e. The molecule has 0 unspecified atom stereocenters. The molecule has 2 amide bonds. The Balaban J connectivity index is 4.07. The van der Waals surface area contributed by atoms with E-state index in [1.807, 2.05) is 20.8 Å². The van der Waals surface area contributed by atoms with Crippen LogP contribution in [0.2, 0.25) is 0 Å². The Morgan fingerprint density at radius 3 is 2.06 bits per heavy atom. The van der Waals surface area contributed by atoms with Crippen LogP contribution in [0, 0.1) is 0 Å². The van der Waals surface area contributed by atoms with Crippen molar-refractivity contribution < 1.29 is 14.3 Å². The first-order valence-electron chi connectivity index (χ1n) is 5.95. The molecule has 0 saturated heterocycles. The number of ether oxygens (including phenoxy) is 1. The van der Waals surface area contributed by atoms with E-state index >= 15 is 0 Å². The topological polar surface area (TPSA) is 93.5 Å². The maximum Gasteiger partial charge on any atom is 0.407 e. The maximum absolute atomic E-state index is 11.6. The van der Waals surface area contributed by atoms with Gasteiger partial charge in [-0.15, -0.1) is 0 Å². The molecule has 0 aromatic carbocycles. The highest BCUT2D eigenvalue weighted by Gasteiger charge is 2.21. The molecule has 1 atom stereocenters. The molecule has 0 aromatic rings. The normalized spacial score (nSPS) is 13.7. The standard InChI is InChI=1S/C12H25N3O3/c1-11(2,3)15-9(16)8(13)7-14-10(17)18-12(4,5)6/h8H,7,13H2,1-6H3,(H,14,17)(H,15,16)/t8-/m0/s1. The molecular weight excluding hydrogens is 234 g/mol. The monoisotopic (exact) mass is 259 g/mol. The highest BCUT2D eigenvalue weighted by atomic mass is 16.6. The number of amides is 2. The molecule has 4 N–H and O–H groups in total. The number of nitrogens with one attached hydrogen (secondary N) is 2. The summed E-state index contributed by atoms with van der Waals surface area (Å²) in [4.78, 5) is 23.0. The van der Waals surface area contributed by atoms with Crippen molar-refractivity contribution in [2.45, 2.75) is 58.7 Å². The number of carbonyl (C=O) groups excluding carboxylic acids is 2. The Bertz CT molecular complexity index is 303. The second-order valence-corrected chi connectivity index (χ2v) is 6.23. The average Bonchev–Trinajstić information content (AvgIpc) is 2.08.